The fourth-order valence-electron chi connectivity index (χ4n) is 1.62. The summed E-state index contributed by atoms with van der Waals surface area (Å²) >= 11 is 0. The zero-order chi connectivity index (χ0) is 18.4. The van der Waals surface area contributed by atoms with Crippen molar-refractivity contribution in [2.45, 2.75) is 5.09 Å². The standard InChI is InChI=1S/C13H11N3O8S/c17-12(8-23-11-4-2-1-3-10(11)16(18)19)15-14-7-9-5-6-13(24-9)25(20,21)22/h1-7H,8H2,(H,15,17)(H,20,21,22)/b14-7+. The number of para-hydroxylation sites is 2. The Morgan fingerprint density at radius 3 is 2.72 bits per heavy atom. The number of carbonyl (C=O) groups is 1. The number of furan rings is 1. The van der Waals surface area contributed by atoms with Crippen LogP contribution in [0.4, 0.5) is 5.69 Å². The Morgan fingerprint density at radius 1 is 1.36 bits per heavy atom. The lowest BCUT2D eigenvalue weighted by molar-refractivity contribution is -0.385. The number of hydrogen-bond acceptors (Lipinski definition) is 8. The van der Waals surface area contributed by atoms with E-state index in [0.717, 1.165) is 12.3 Å². The van der Waals surface area contributed by atoms with Gasteiger partial charge in [0.1, 0.15) is 5.76 Å². The van der Waals surface area contributed by atoms with Gasteiger partial charge in [-0.2, -0.15) is 13.5 Å². The van der Waals surface area contributed by atoms with Crippen LogP contribution in [0.1, 0.15) is 5.76 Å². The summed E-state index contributed by atoms with van der Waals surface area (Å²) in [7, 11) is -4.46. The number of hydrogen-bond donors (Lipinski definition) is 2. The van der Waals surface area contributed by atoms with Crippen molar-refractivity contribution in [3.63, 3.8) is 0 Å². The van der Waals surface area contributed by atoms with Crippen molar-refractivity contribution in [1.29, 1.82) is 0 Å². The number of carbonyl (C=O) groups excluding carboxylic acids is 1. The molecule has 0 saturated carbocycles. The predicted octanol–water partition coefficient (Wildman–Crippen LogP) is 0.964. The summed E-state index contributed by atoms with van der Waals surface area (Å²) in [6.45, 7) is -0.531. The molecule has 12 heteroatoms. The molecule has 132 valence electrons. The SMILES string of the molecule is O=C(COc1ccccc1[N+](=O)[O-])N/N=C/c1ccc(S(=O)(=O)O)o1. The van der Waals surface area contributed by atoms with Crippen LogP contribution in [-0.2, 0) is 14.9 Å². The first kappa shape index (κ1) is 18.1. The van der Waals surface area contributed by atoms with Crippen molar-refractivity contribution >= 4 is 27.9 Å². The fourth-order valence-corrected chi connectivity index (χ4v) is 2.06. The molecule has 0 aliphatic carbocycles. The molecule has 0 radical (unpaired) electrons. The van der Waals surface area contributed by atoms with Crippen molar-refractivity contribution in [3.05, 3.63) is 52.3 Å². The number of nitro groups is 1. The molecule has 0 spiro atoms. The summed E-state index contributed by atoms with van der Waals surface area (Å²) in [6, 6.07) is 7.77. The Labute approximate surface area is 140 Å². The normalized spacial score (nSPS) is 11.4. The third-order valence-corrected chi connectivity index (χ3v) is 3.39. The van der Waals surface area contributed by atoms with E-state index in [1.807, 2.05) is 0 Å². The van der Waals surface area contributed by atoms with Crippen LogP contribution in [0.5, 0.6) is 5.75 Å². The highest BCUT2D eigenvalue weighted by Gasteiger charge is 2.15. The van der Waals surface area contributed by atoms with Gasteiger partial charge in [0.05, 0.1) is 11.1 Å². The van der Waals surface area contributed by atoms with Crippen molar-refractivity contribution in [2.75, 3.05) is 6.61 Å². The predicted molar refractivity (Wildman–Crippen MR) is 82.9 cm³/mol. The van der Waals surface area contributed by atoms with Gasteiger partial charge in [-0.1, -0.05) is 12.1 Å². The molecular formula is C13H11N3O8S. The molecule has 1 aromatic carbocycles. The van der Waals surface area contributed by atoms with Gasteiger partial charge in [0.2, 0.25) is 5.09 Å². The average Bonchev–Trinajstić information content (AvgIpc) is 3.02. The minimum absolute atomic E-state index is 0.0347. The van der Waals surface area contributed by atoms with E-state index in [-0.39, 0.29) is 17.2 Å². The summed E-state index contributed by atoms with van der Waals surface area (Å²) in [4.78, 5) is 21.7. The maximum Gasteiger partial charge on any atom is 0.328 e. The molecule has 0 fully saturated rings. The Morgan fingerprint density at radius 2 is 2.08 bits per heavy atom. The highest BCUT2D eigenvalue weighted by atomic mass is 32.2. The molecule has 0 aliphatic rings. The lowest BCUT2D eigenvalue weighted by Crippen LogP contribution is -2.24. The van der Waals surface area contributed by atoms with E-state index in [1.54, 1.807) is 0 Å². The maximum absolute atomic E-state index is 11.6. The molecule has 1 heterocycles. The van der Waals surface area contributed by atoms with Crippen LogP contribution in [0.25, 0.3) is 0 Å². The number of ether oxygens (including phenoxy) is 1. The van der Waals surface area contributed by atoms with Crippen LogP contribution in [0.15, 0.2) is 51.0 Å². The minimum atomic E-state index is -4.46. The van der Waals surface area contributed by atoms with E-state index in [1.165, 1.54) is 30.3 Å². The molecule has 2 rings (SSSR count). The van der Waals surface area contributed by atoms with Crippen molar-refractivity contribution in [3.8, 4) is 5.75 Å². The minimum Gasteiger partial charge on any atom is -0.477 e. The largest absolute Gasteiger partial charge is 0.477 e. The quantitative estimate of drug-likeness (QED) is 0.316. The van der Waals surface area contributed by atoms with Crippen molar-refractivity contribution < 1.29 is 31.8 Å². The summed E-state index contributed by atoms with van der Waals surface area (Å²) in [5, 5.41) is 13.6. The first-order valence-electron chi connectivity index (χ1n) is 6.53. The number of rotatable bonds is 7. The van der Waals surface area contributed by atoms with Crippen LogP contribution in [0.2, 0.25) is 0 Å². The van der Waals surface area contributed by atoms with E-state index < -0.39 is 32.6 Å². The van der Waals surface area contributed by atoms with Gasteiger partial charge in [-0.25, -0.2) is 5.43 Å². The van der Waals surface area contributed by atoms with Crippen LogP contribution >= 0.6 is 0 Å². The van der Waals surface area contributed by atoms with E-state index in [2.05, 4.69) is 10.5 Å². The van der Waals surface area contributed by atoms with Gasteiger partial charge in [0.15, 0.2) is 12.4 Å². The smallest absolute Gasteiger partial charge is 0.328 e. The van der Waals surface area contributed by atoms with Crippen LogP contribution in [-0.4, -0.2) is 36.6 Å². The zero-order valence-corrected chi connectivity index (χ0v) is 13.2. The second-order valence-electron chi connectivity index (χ2n) is 4.44. The maximum atomic E-state index is 11.6. The monoisotopic (exact) mass is 369 g/mol. The summed E-state index contributed by atoms with van der Waals surface area (Å²) in [5.74, 6) is -0.820. The van der Waals surface area contributed by atoms with Crippen LogP contribution in [0, 0.1) is 10.1 Å². The highest BCUT2D eigenvalue weighted by molar-refractivity contribution is 7.85. The third-order valence-electron chi connectivity index (χ3n) is 2.66. The molecule has 0 saturated heterocycles. The van der Waals surface area contributed by atoms with Gasteiger partial charge in [-0.3, -0.25) is 19.5 Å². The molecule has 1 amide bonds. The van der Waals surface area contributed by atoms with Gasteiger partial charge >= 0.3 is 15.8 Å². The van der Waals surface area contributed by atoms with Crippen molar-refractivity contribution in [2.24, 2.45) is 5.10 Å². The first-order valence-corrected chi connectivity index (χ1v) is 7.97. The van der Waals surface area contributed by atoms with Gasteiger partial charge in [0.25, 0.3) is 5.91 Å². The second-order valence-corrected chi connectivity index (χ2v) is 5.79. The molecule has 11 nitrogen and oxygen atoms in total. The molecule has 0 unspecified atom stereocenters. The number of benzene rings is 1. The number of nitrogens with zero attached hydrogens (tertiary/aromatic N) is 2. The lowest BCUT2D eigenvalue weighted by Gasteiger charge is -2.05. The van der Waals surface area contributed by atoms with Gasteiger partial charge < -0.3 is 9.15 Å². The Balaban J connectivity index is 1.89. The molecule has 25 heavy (non-hydrogen) atoms. The molecule has 0 aliphatic heterocycles. The first-order chi connectivity index (χ1) is 11.8. The van der Waals surface area contributed by atoms with Crippen LogP contribution < -0.4 is 10.2 Å². The van der Waals surface area contributed by atoms with Gasteiger partial charge in [-0.05, 0) is 18.2 Å². The molecule has 0 atom stereocenters. The highest BCUT2D eigenvalue weighted by Crippen LogP contribution is 2.25. The molecule has 1 aromatic heterocycles. The lowest BCUT2D eigenvalue weighted by atomic mass is 10.3. The zero-order valence-electron chi connectivity index (χ0n) is 12.4. The molecular weight excluding hydrogens is 358 g/mol. The number of nitro benzene ring substituents is 1. The summed E-state index contributed by atoms with van der Waals surface area (Å²) in [6.07, 6.45) is 0.998. The average molecular weight is 369 g/mol. The van der Waals surface area contributed by atoms with E-state index in [9.17, 15) is 23.3 Å². The molecule has 2 N–H and O–H groups in total. The molecule has 0 bridgehead atoms. The van der Waals surface area contributed by atoms with Gasteiger partial charge in [0, 0.05) is 6.07 Å². The Hall–Kier alpha value is -3.25. The van der Waals surface area contributed by atoms with E-state index >= 15 is 0 Å². The third kappa shape index (κ3) is 5.12. The summed E-state index contributed by atoms with van der Waals surface area (Å²) < 4.78 is 40.2. The van der Waals surface area contributed by atoms with Crippen LogP contribution in [0.3, 0.4) is 0 Å². The van der Waals surface area contributed by atoms with E-state index in [4.69, 9.17) is 13.7 Å². The Kier molecular flexibility index (Phi) is 5.46. The fraction of sp³-hybridized carbons (Fsp3) is 0.0769. The molecule has 2 aromatic rings. The Bertz CT molecular complexity index is 919. The van der Waals surface area contributed by atoms with Crippen molar-refractivity contribution in [1.82, 2.24) is 5.43 Å². The van der Waals surface area contributed by atoms with E-state index in [0.29, 0.717) is 0 Å². The second kappa shape index (κ2) is 7.55. The summed E-state index contributed by atoms with van der Waals surface area (Å²) in [5.41, 5.74) is 1.78. The number of hydrazone groups is 1. The van der Waals surface area contributed by atoms with Gasteiger partial charge in [-0.15, -0.1) is 0 Å². The number of amides is 1. The number of nitrogens with one attached hydrogen (secondary N) is 1. The topological polar surface area (TPSA) is 161 Å².